The van der Waals surface area contributed by atoms with E-state index in [-0.39, 0.29) is 12.7 Å². The lowest BCUT2D eigenvalue weighted by Crippen LogP contribution is -1.97. The van der Waals surface area contributed by atoms with Crippen molar-refractivity contribution in [1.29, 1.82) is 0 Å². The number of benzene rings is 1. The van der Waals surface area contributed by atoms with Gasteiger partial charge in [-0.05, 0) is 18.4 Å². The third-order valence-electron chi connectivity index (χ3n) is 2.32. The Balaban J connectivity index is 2.25. The van der Waals surface area contributed by atoms with Crippen LogP contribution in [0.2, 0.25) is 0 Å². The van der Waals surface area contributed by atoms with E-state index in [4.69, 9.17) is 5.11 Å². The third kappa shape index (κ3) is 3.90. The molecule has 0 heterocycles. The van der Waals surface area contributed by atoms with Crippen LogP contribution in [0.3, 0.4) is 0 Å². The summed E-state index contributed by atoms with van der Waals surface area (Å²) in [5.74, 6) is 0. The monoisotopic (exact) mass is 194 g/mol. The van der Waals surface area contributed by atoms with Gasteiger partial charge in [-0.3, -0.25) is 0 Å². The second-order valence-electron chi connectivity index (χ2n) is 3.50. The minimum Gasteiger partial charge on any atom is -0.396 e. The Morgan fingerprint density at radius 1 is 1.00 bits per heavy atom. The van der Waals surface area contributed by atoms with Crippen LogP contribution >= 0.6 is 0 Å². The standard InChI is InChI=1S/C12H18O2/c13-10-6-2-5-9-12(14)11-7-3-1-4-8-11/h1,3-4,7-8,12-14H,2,5-6,9-10H2/t12-/m0/s1. The molecule has 1 aromatic carbocycles. The molecule has 0 unspecified atom stereocenters. The van der Waals surface area contributed by atoms with Crippen LogP contribution in [0, 0.1) is 0 Å². The summed E-state index contributed by atoms with van der Waals surface area (Å²) in [5.41, 5.74) is 0.983. The minimum absolute atomic E-state index is 0.251. The summed E-state index contributed by atoms with van der Waals surface area (Å²) >= 11 is 0. The van der Waals surface area contributed by atoms with Gasteiger partial charge in [0.1, 0.15) is 0 Å². The maximum absolute atomic E-state index is 9.76. The van der Waals surface area contributed by atoms with Crippen LogP contribution in [-0.4, -0.2) is 16.8 Å². The first-order valence-corrected chi connectivity index (χ1v) is 5.18. The van der Waals surface area contributed by atoms with E-state index in [1.807, 2.05) is 30.3 Å². The molecule has 1 atom stereocenters. The van der Waals surface area contributed by atoms with Crippen molar-refractivity contribution >= 4 is 0 Å². The van der Waals surface area contributed by atoms with Crippen molar-refractivity contribution in [3.05, 3.63) is 35.9 Å². The fraction of sp³-hybridized carbons (Fsp3) is 0.500. The largest absolute Gasteiger partial charge is 0.396 e. The van der Waals surface area contributed by atoms with Gasteiger partial charge in [0.05, 0.1) is 6.10 Å². The third-order valence-corrected chi connectivity index (χ3v) is 2.32. The van der Waals surface area contributed by atoms with Crippen LogP contribution in [0.25, 0.3) is 0 Å². The van der Waals surface area contributed by atoms with E-state index in [2.05, 4.69) is 0 Å². The van der Waals surface area contributed by atoms with E-state index in [9.17, 15) is 5.11 Å². The van der Waals surface area contributed by atoms with Gasteiger partial charge >= 0.3 is 0 Å². The summed E-state index contributed by atoms with van der Waals surface area (Å²) in [6.45, 7) is 0.251. The summed E-state index contributed by atoms with van der Waals surface area (Å²) < 4.78 is 0. The van der Waals surface area contributed by atoms with E-state index in [0.717, 1.165) is 31.2 Å². The number of hydrogen-bond donors (Lipinski definition) is 2. The van der Waals surface area contributed by atoms with Crippen molar-refractivity contribution in [2.45, 2.75) is 31.8 Å². The Labute approximate surface area is 85.2 Å². The minimum atomic E-state index is -0.352. The zero-order chi connectivity index (χ0) is 10.2. The van der Waals surface area contributed by atoms with Crippen LogP contribution in [0.15, 0.2) is 30.3 Å². The van der Waals surface area contributed by atoms with Gasteiger partial charge in [-0.1, -0.05) is 43.2 Å². The van der Waals surface area contributed by atoms with Crippen LogP contribution < -0.4 is 0 Å². The number of aliphatic hydroxyl groups is 2. The van der Waals surface area contributed by atoms with Gasteiger partial charge in [-0.2, -0.15) is 0 Å². The Morgan fingerprint density at radius 2 is 1.71 bits per heavy atom. The highest BCUT2D eigenvalue weighted by Gasteiger charge is 2.05. The molecule has 1 aromatic rings. The van der Waals surface area contributed by atoms with Gasteiger partial charge in [-0.25, -0.2) is 0 Å². The van der Waals surface area contributed by atoms with Gasteiger partial charge in [0.2, 0.25) is 0 Å². The van der Waals surface area contributed by atoms with Crippen molar-refractivity contribution < 1.29 is 10.2 Å². The normalized spacial score (nSPS) is 12.7. The average molecular weight is 194 g/mol. The molecule has 0 aliphatic carbocycles. The molecule has 2 heteroatoms. The van der Waals surface area contributed by atoms with Crippen molar-refractivity contribution in [3.63, 3.8) is 0 Å². The molecular weight excluding hydrogens is 176 g/mol. The van der Waals surface area contributed by atoms with Crippen LogP contribution in [0.5, 0.6) is 0 Å². The Bertz CT molecular complexity index is 233. The number of rotatable bonds is 6. The van der Waals surface area contributed by atoms with E-state index in [1.54, 1.807) is 0 Å². The molecular formula is C12H18O2. The Kier molecular flexibility index (Phi) is 5.27. The summed E-state index contributed by atoms with van der Waals surface area (Å²) in [5, 5.41) is 18.3. The zero-order valence-electron chi connectivity index (χ0n) is 8.39. The molecule has 0 saturated carbocycles. The van der Waals surface area contributed by atoms with Crippen molar-refractivity contribution in [3.8, 4) is 0 Å². The van der Waals surface area contributed by atoms with Crippen LogP contribution in [0.1, 0.15) is 37.4 Å². The second-order valence-corrected chi connectivity index (χ2v) is 3.50. The Morgan fingerprint density at radius 3 is 2.36 bits per heavy atom. The van der Waals surface area contributed by atoms with Gasteiger partial charge < -0.3 is 10.2 Å². The molecule has 0 bridgehead atoms. The molecule has 0 aliphatic heterocycles. The van der Waals surface area contributed by atoms with Gasteiger partial charge in [0.25, 0.3) is 0 Å². The lowest BCUT2D eigenvalue weighted by Gasteiger charge is -2.09. The zero-order valence-corrected chi connectivity index (χ0v) is 8.39. The highest BCUT2D eigenvalue weighted by atomic mass is 16.3. The lowest BCUT2D eigenvalue weighted by molar-refractivity contribution is 0.162. The van der Waals surface area contributed by atoms with Crippen LogP contribution in [-0.2, 0) is 0 Å². The topological polar surface area (TPSA) is 40.5 Å². The molecule has 2 N–H and O–H groups in total. The Hall–Kier alpha value is -0.860. The fourth-order valence-electron chi connectivity index (χ4n) is 1.47. The number of hydrogen-bond acceptors (Lipinski definition) is 2. The molecule has 0 spiro atoms. The summed E-state index contributed by atoms with van der Waals surface area (Å²) in [6, 6.07) is 9.70. The smallest absolute Gasteiger partial charge is 0.0790 e. The predicted molar refractivity (Wildman–Crippen MR) is 57.0 cm³/mol. The average Bonchev–Trinajstić information content (AvgIpc) is 2.25. The van der Waals surface area contributed by atoms with E-state index >= 15 is 0 Å². The summed E-state index contributed by atoms with van der Waals surface area (Å²) in [6.07, 6.45) is 3.22. The first-order valence-electron chi connectivity index (χ1n) is 5.18. The predicted octanol–water partition coefficient (Wildman–Crippen LogP) is 2.27. The first kappa shape index (κ1) is 11.2. The highest BCUT2D eigenvalue weighted by molar-refractivity contribution is 5.16. The van der Waals surface area contributed by atoms with Gasteiger partial charge in [-0.15, -0.1) is 0 Å². The molecule has 0 aliphatic rings. The fourth-order valence-corrected chi connectivity index (χ4v) is 1.47. The van der Waals surface area contributed by atoms with E-state index < -0.39 is 0 Å². The molecule has 0 aromatic heterocycles. The number of aliphatic hydroxyl groups excluding tert-OH is 2. The van der Waals surface area contributed by atoms with E-state index in [0.29, 0.717) is 0 Å². The quantitative estimate of drug-likeness (QED) is 0.682. The first-order chi connectivity index (χ1) is 6.84. The SMILES string of the molecule is OCCCCC[C@H](O)c1ccccc1. The summed E-state index contributed by atoms with van der Waals surface area (Å²) in [7, 11) is 0. The molecule has 2 nitrogen and oxygen atoms in total. The molecule has 0 fully saturated rings. The molecule has 0 radical (unpaired) electrons. The molecule has 78 valence electrons. The molecule has 0 saturated heterocycles. The van der Waals surface area contributed by atoms with E-state index in [1.165, 1.54) is 0 Å². The molecule has 1 rings (SSSR count). The highest BCUT2D eigenvalue weighted by Crippen LogP contribution is 2.18. The van der Waals surface area contributed by atoms with Crippen molar-refractivity contribution in [2.24, 2.45) is 0 Å². The maximum atomic E-state index is 9.76. The number of unbranched alkanes of at least 4 members (excludes halogenated alkanes) is 2. The van der Waals surface area contributed by atoms with Crippen molar-refractivity contribution in [2.75, 3.05) is 6.61 Å². The van der Waals surface area contributed by atoms with Crippen molar-refractivity contribution in [1.82, 2.24) is 0 Å². The lowest BCUT2D eigenvalue weighted by atomic mass is 10.0. The molecule has 0 amide bonds. The van der Waals surface area contributed by atoms with Gasteiger partial charge in [0, 0.05) is 6.61 Å². The van der Waals surface area contributed by atoms with Gasteiger partial charge in [0.15, 0.2) is 0 Å². The maximum Gasteiger partial charge on any atom is 0.0790 e. The molecule has 14 heavy (non-hydrogen) atoms. The summed E-state index contributed by atoms with van der Waals surface area (Å²) in [4.78, 5) is 0. The van der Waals surface area contributed by atoms with Crippen LogP contribution in [0.4, 0.5) is 0 Å². The second kappa shape index (κ2) is 6.57.